The van der Waals surface area contributed by atoms with Crippen LogP contribution in [0.25, 0.3) is 11.1 Å². The molecule has 2 aliphatic rings. The number of aromatic nitrogens is 2. The summed E-state index contributed by atoms with van der Waals surface area (Å²) in [5.41, 5.74) is 2.38. The number of rotatable bonds is 3. The highest BCUT2D eigenvalue weighted by molar-refractivity contribution is 5.94. The summed E-state index contributed by atoms with van der Waals surface area (Å²) in [6.45, 7) is 8.35. The summed E-state index contributed by atoms with van der Waals surface area (Å²) in [5.74, 6) is 3.61. The van der Waals surface area contributed by atoms with E-state index in [0.29, 0.717) is 48.5 Å². The van der Waals surface area contributed by atoms with E-state index in [9.17, 15) is 4.79 Å². The average molecular weight is 422 g/mol. The fraction of sp³-hybridized carbons (Fsp3) is 0.435. The Labute approximate surface area is 180 Å². The molecule has 8 heteroatoms. The third-order valence-electron chi connectivity index (χ3n) is 6.02. The third-order valence-corrected chi connectivity index (χ3v) is 6.02. The molecule has 2 aliphatic heterocycles. The lowest BCUT2D eigenvalue weighted by Gasteiger charge is -2.33. The first-order chi connectivity index (χ1) is 15.0. The molecule has 3 aromatic rings. The second-order valence-electron chi connectivity index (χ2n) is 8.19. The van der Waals surface area contributed by atoms with Crippen molar-refractivity contribution in [3.05, 3.63) is 35.3 Å². The van der Waals surface area contributed by atoms with Gasteiger partial charge in [0.05, 0.1) is 11.3 Å². The maximum atomic E-state index is 13.1. The van der Waals surface area contributed by atoms with Crippen molar-refractivity contribution in [1.82, 2.24) is 9.97 Å². The zero-order valence-corrected chi connectivity index (χ0v) is 18.0. The monoisotopic (exact) mass is 422 g/mol. The number of aryl methyl sites for hydroxylation is 3. The van der Waals surface area contributed by atoms with Crippen molar-refractivity contribution in [1.29, 1.82) is 0 Å². The molecule has 1 fully saturated rings. The van der Waals surface area contributed by atoms with Crippen LogP contribution in [0.3, 0.4) is 0 Å². The van der Waals surface area contributed by atoms with Gasteiger partial charge in [0.25, 0.3) is 0 Å². The lowest BCUT2D eigenvalue weighted by Crippen LogP contribution is -2.41. The normalized spacial score (nSPS) is 18.3. The molecule has 0 bridgehead atoms. The van der Waals surface area contributed by atoms with Gasteiger partial charge >= 0.3 is 0 Å². The van der Waals surface area contributed by atoms with Crippen LogP contribution in [-0.2, 0) is 4.79 Å². The average Bonchev–Trinajstić information content (AvgIpc) is 3.06. The van der Waals surface area contributed by atoms with Crippen LogP contribution in [-0.4, -0.2) is 42.2 Å². The number of anilines is 2. The van der Waals surface area contributed by atoms with Crippen LogP contribution >= 0.6 is 0 Å². The topological polar surface area (TPSA) is 89.7 Å². The smallest absolute Gasteiger partial charge is 0.231 e. The lowest BCUT2D eigenvalue weighted by molar-refractivity contribution is -0.120. The molecule has 1 amide bonds. The molecule has 5 rings (SSSR count). The van der Waals surface area contributed by atoms with Gasteiger partial charge in [-0.05, 0) is 45.7 Å². The van der Waals surface area contributed by atoms with E-state index >= 15 is 0 Å². The summed E-state index contributed by atoms with van der Waals surface area (Å²) in [5, 5.41) is 3.99. The van der Waals surface area contributed by atoms with Gasteiger partial charge in [0.2, 0.25) is 11.6 Å². The SMILES string of the molecule is Cc1nc(N2CCCC(C(=O)Nc3ccc4c(c3)OCCO4)C2)c2c(C)c(C)oc2n1. The second kappa shape index (κ2) is 7.76. The minimum atomic E-state index is -0.138. The zero-order chi connectivity index (χ0) is 21.5. The number of fused-ring (bicyclic) bond motifs is 2. The number of carbonyl (C=O) groups excluding carboxylic acids is 1. The number of furan rings is 1. The number of amides is 1. The molecule has 0 spiro atoms. The first kappa shape index (κ1) is 19.7. The van der Waals surface area contributed by atoms with Crippen molar-refractivity contribution in [2.45, 2.75) is 33.6 Å². The number of benzene rings is 1. The number of nitrogens with zero attached hydrogens (tertiary/aromatic N) is 3. The van der Waals surface area contributed by atoms with E-state index < -0.39 is 0 Å². The summed E-state index contributed by atoms with van der Waals surface area (Å²) >= 11 is 0. The molecule has 1 N–H and O–H groups in total. The van der Waals surface area contributed by atoms with E-state index in [2.05, 4.69) is 15.2 Å². The summed E-state index contributed by atoms with van der Waals surface area (Å²) in [6.07, 6.45) is 1.75. The highest BCUT2D eigenvalue weighted by Crippen LogP contribution is 2.35. The van der Waals surface area contributed by atoms with Crippen molar-refractivity contribution < 1.29 is 18.7 Å². The first-order valence-electron chi connectivity index (χ1n) is 10.7. The number of ether oxygens (including phenoxy) is 2. The van der Waals surface area contributed by atoms with Crippen molar-refractivity contribution in [3.8, 4) is 11.5 Å². The van der Waals surface area contributed by atoms with Crippen LogP contribution in [0, 0.1) is 26.7 Å². The van der Waals surface area contributed by atoms with Gasteiger partial charge in [0.15, 0.2) is 11.5 Å². The molecule has 1 saturated heterocycles. The quantitative estimate of drug-likeness (QED) is 0.687. The predicted molar refractivity (Wildman–Crippen MR) is 117 cm³/mol. The Hall–Kier alpha value is -3.29. The highest BCUT2D eigenvalue weighted by Gasteiger charge is 2.29. The van der Waals surface area contributed by atoms with Crippen LogP contribution in [0.2, 0.25) is 0 Å². The molecular weight excluding hydrogens is 396 g/mol. The first-order valence-corrected chi connectivity index (χ1v) is 10.7. The Kier molecular flexibility index (Phi) is 4.92. The second-order valence-corrected chi connectivity index (χ2v) is 8.19. The summed E-state index contributed by atoms with van der Waals surface area (Å²) in [6, 6.07) is 5.50. The summed E-state index contributed by atoms with van der Waals surface area (Å²) < 4.78 is 17.0. The maximum Gasteiger partial charge on any atom is 0.231 e. The van der Waals surface area contributed by atoms with Crippen LogP contribution in [0.4, 0.5) is 11.5 Å². The molecule has 1 aromatic carbocycles. The van der Waals surface area contributed by atoms with E-state index in [4.69, 9.17) is 18.9 Å². The van der Waals surface area contributed by atoms with E-state index in [1.165, 1.54) is 0 Å². The van der Waals surface area contributed by atoms with Gasteiger partial charge in [-0.3, -0.25) is 4.79 Å². The van der Waals surface area contributed by atoms with Gasteiger partial charge in [-0.25, -0.2) is 4.98 Å². The van der Waals surface area contributed by atoms with Crippen molar-refractivity contribution in [3.63, 3.8) is 0 Å². The predicted octanol–water partition coefficient (Wildman–Crippen LogP) is 3.77. The van der Waals surface area contributed by atoms with E-state index in [-0.39, 0.29) is 11.8 Å². The minimum absolute atomic E-state index is 0.00324. The molecule has 0 radical (unpaired) electrons. The standard InChI is InChI=1S/C23H26N4O4/c1-13-14(2)31-23-20(13)21(24-15(3)25-23)27-8-4-5-16(12-27)22(28)26-17-6-7-18-19(11-17)30-10-9-29-18/h6-7,11,16H,4-5,8-10,12H2,1-3H3,(H,26,28). The van der Waals surface area contributed by atoms with E-state index in [1.54, 1.807) is 0 Å². The number of hydrogen-bond donors (Lipinski definition) is 1. The highest BCUT2D eigenvalue weighted by atomic mass is 16.6. The Morgan fingerprint density at radius 1 is 1.13 bits per heavy atom. The summed E-state index contributed by atoms with van der Waals surface area (Å²) in [4.78, 5) is 24.4. The third kappa shape index (κ3) is 3.66. The fourth-order valence-electron chi connectivity index (χ4n) is 4.31. The van der Waals surface area contributed by atoms with Crippen molar-refractivity contribution in [2.24, 2.45) is 5.92 Å². The van der Waals surface area contributed by atoms with Crippen LogP contribution in [0.1, 0.15) is 30.0 Å². The van der Waals surface area contributed by atoms with E-state index in [0.717, 1.165) is 41.9 Å². The maximum absolute atomic E-state index is 13.1. The molecule has 0 aliphatic carbocycles. The molecule has 1 atom stereocenters. The Balaban J connectivity index is 1.36. The number of hydrogen-bond acceptors (Lipinski definition) is 7. The Morgan fingerprint density at radius 3 is 2.77 bits per heavy atom. The fourth-order valence-corrected chi connectivity index (χ4v) is 4.31. The Bertz CT molecular complexity index is 1160. The molecule has 8 nitrogen and oxygen atoms in total. The number of piperidine rings is 1. The van der Waals surface area contributed by atoms with Gasteiger partial charge in [-0.15, -0.1) is 0 Å². The van der Waals surface area contributed by atoms with Crippen molar-refractivity contribution >= 4 is 28.5 Å². The van der Waals surface area contributed by atoms with E-state index in [1.807, 2.05) is 39.0 Å². The molecule has 2 aromatic heterocycles. The molecule has 162 valence electrons. The van der Waals surface area contributed by atoms with Gasteiger partial charge in [0, 0.05) is 30.4 Å². The molecule has 31 heavy (non-hydrogen) atoms. The van der Waals surface area contributed by atoms with Gasteiger partial charge in [-0.2, -0.15) is 4.98 Å². The molecule has 0 saturated carbocycles. The van der Waals surface area contributed by atoms with Gasteiger partial charge in [-0.1, -0.05) is 0 Å². The molecule has 1 unspecified atom stereocenters. The number of carbonyl (C=O) groups is 1. The van der Waals surface area contributed by atoms with Crippen LogP contribution in [0.15, 0.2) is 22.6 Å². The van der Waals surface area contributed by atoms with Crippen LogP contribution < -0.4 is 19.7 Å². The summed E-state index contributed by atoms with van der Waals surface area (Å²) in [7, 11) is 0. The lowest BCUT2D eigenvalue weighted by atomic mass is 9.96. The molecule has 4 heterocycles. The minimum Gasteiger partial charge on any atom is -0.486 e. The molecular formula is C23H26N4O4. The van der Waals surface area contributed by atoms with Gasteiger partial charge in [0.1, 0.15) is 30.6 Å². The zero-order valence-electron chi connectivity index (χ0n) is 18.0. The van der Waals surface area contributed by atoms with Crippen molar-refractivity contribution in [2.75, 3.05) is 36.5 Å². The number of nitrogens with one attached hydrogen (secondary N) is 1. The largest absolute Gasteiger partial charge is 0.486 e. The van der Waals surface area contributed by atoms with Gasteiger partial charge < -0.3 is 24.1 Å². The van der Waals surface area contributed by atoms with Crippen LogP contribution in [0.5, 0.6) is 11.5 Å². The Morgan fingerprint density at radius 2 is 1.94 bits per heavy atom.